The van der Waals surface area contributed by atoms with Crippen LogP contribution in [-0.4, -0.2) is 92.9 Å². The van der Waals surface area contributed by atoms with Gasteiger partial charge in [0.2, 0.25) is 0 Å². The highest BCUT2D eigenvalue weighted by Crippen LogP contribution is 1.98. The Hall–Kier alpha value is -0.0000000000000000971. The van der Waals surface area contributed by atoms with Crippen LogP contribution in [0.3, 0.4) is 0 Å². The molecule has 1 unspecified atom stereocenters. The van der Waals surface area contributed by atoms with Gasteiger partial charge in [0.15, 0.2) is 0 Å². The smallest absolute Gasteiger partial charge is 0.133 e. The largest absolute Gasteiger partial charge is 0.394 e. The van der Waals surface area contributed by atoms with E-state index < -0.39 is 0 Å². The lowest BCUT2D eigenvalue weighted by molar-refractivity contribution is -0.0480. The second-order valence-corrected chi connectivity index (χ2v) is 5.60. The third kappa shape index (κ3) is 14.9. The maximum absolute atomic E-state index is 8.61. The summed E-state index contributed by atoms with van der Waals surface area (Å²) in [6, 6.07) is 0. The van der Waals surface area contributed by atoms with Crippen LogP contribution in [0.2, 0.25) is 0 Å². The van der Waals surface area contributed by atoms with Crippen molar-refractivity contribution in [2.24, 2.45) is 0 Å². The molecule has 0 fully saturated rings. The lowest BCUT2D eigenvalue weighted by Crippen LogP contribution is -2.35. The Labute approximate surface area is 141 Å². The van der Waals surface area contributed by atoms with E-state index in [2.05, 4.69) is 5.32 Å². The van der Waals surface area contributed by atoms with Gasteiger partial charge in [-0.25, -0.2) is 0 Å². The molecular formula is C13H27NO6S2. The predicted molar refractivity (Wildman–Crippen MR) is 90.5 cm³/mol. The normalized spacial score (nSPS) is 12.3. The van der Waals surface area contributed by atoms with Gasteiger partial charge in [-0.15, -0.1) is 11.8 Å². The minimum atomic E-state index is -0.152. The molecule has 0 spiro atoms. The Kier molecular flexibility index (Phi) is 17.4. The van der Waals surface area contributed by atoms with E-state index >= 15 is 0 Å². The highest BCUT2D eigenvalue weighted by Gasteiger charge is 2.10. The van der Waals surface area contributed by atoms with Crippen molar-refractivity contribution in [2.45, 2.75) is 6.10 Å². The fraction of sp³-hybridized carbons (Fsp3) is 0.923. The minimum absolute atomic E-state index is 0.00390. The van der Waals surface area contributed by atoms with Crippen molar-refractivity contribution in [3.05, 3.63) is 0 Å². The van der Waals surface area contributed by atoms with Gasteiger partial charge in [0.25, 0.3) is 0 Å². The van der Waals surface area contributed by atoms with E-state index in [1.54, 1.807) is 0 Å². The number of aliphatic hydroxyl groups is 2. The molecule has 0 aliphatic rings. The van der Waals surface area contributed by atoms with E-state index in [0.717, 1.165) is 0 Å². The third-order valence-corrected chi connectivity index (χ3v) is 3.55. The number of aliphatic hydroxyl groups excluding tert-OH is 2. The molecule has 7 nitrogen and oxygen atoms in total. The van der Waals surface area contributed by atoms with Gasteiger partial charge >= 0.3 is 0 Å². The maximum atomic E-state index is 8.61. The van der Waals surface area contributed by atoms with Crippen LogP contribution in [-0.2, 0) is 18.9 Å². The highest BCUT2D eigenvalue weighted by atomic mass is 32.2. The van der Waals surface area contributed by atoms with E-state index in [9.17, 15) is 0 Å². The van der Waals surface area contributed by atoms with E-state index in [0.29, 0.717) is 57.1 Å². The molecule has 0 aromatic heterocycles. The first kappa shape index (κ1) is 22.0. The minimum Gasteiger partial charge on any atom is -0.394 e. The summed E-state index contributed by atoms with van der Waals surface area (Å²) in [5, 5.41) is 20.3. The highest BCUT2D eigenvalue weighted by molar-refractivity contribution is 8.22. The van der Waals surface area contributed by atoms with E-state index in [-0.39, 0.29) is 19.3 Å². The molecule has 0 aromatic rings. The van der Waals surface area contributed by atoms with E-state index in [1.807, 2.05) is 6.26 Å². The Balaban J connectivity index is 3.81. The molecule has 0 amide bonds. The first-order valence-corrected chi connectivity index (χ1v) is 8.76. The molecule has 0 saturated carbocycles. The Morgan fingerprint density at radius 3 is 2.18 bits per heavy atom. The van der Waals surface area contributed by atoms with Gasteiger partial charge in [0.05, 0.1) is 65.6 Å². The van der Waals surface area contributed by atoms with Crippen molar-refractivity contribution in [2.75, 3.05) is 72.3 Å². The topological polar surface area (TPSA) is 89.4 Å². The fourth-order valence-corrected chi connectivity index (χ4v) is 1.69. The molecule has 9 heteroatoms. The van der Waals surface area contributed by atoms with Crippen LogP contribution in [0.4, 0.5) is 0 Å². The molecule has 132 valence electrons. The van der Waals surface area contributed by atoms with Crippen LogP contribution in [0.5, 0.6) is 0 Å². The van der Waals surface area contributed by atoms with Crippen molar-refractivity contribution >= 4 is 28.3 Å². The van der Waals surface area contributed by atoms with E-state index in [4.69, 9.17) is 41.4 Å². The second kappa shape index (κ2) is 17.4. The van der Waals surface area contributed by atoms with E-state index in [1.165, 1.54) is 11.8 Å². The second-order valence-electron chi connectivity index (χ2n) is 4.11. The van der Waals surface area contributed by atoms with Crippen LogP contribution in [0.1, 0.15) is 0 Å². The third-order valence-electron chi connectivity index (χ3n) is 2.39. The summed E-state index contributed by atoms with van der Waals surface area (Å²) in [6.45, 7) is 3.31. The average molecular weight is 357 g/mol. The van der Waals surface area contributed by atoms with Crippen molar-refractivity contribution in [3.8, 4) is 0 Å². The molecule has 22 heavy (non-hydrogen) atoms. The van der Waals surface area contributed by atoms with Gasteiger partial charge in [-0.2, -0.15) is 0 Å². The van der Waals surface area contributed by atoms with Gasteiger partial charge < -0.3 is 34.5 Å². The number of rotatable bonds is 15. The van der Waals surface area contributed by atoms with Gasteiger partial charge in [0, 0.05) is 6.54 Å². The van der Waals surface area contributed by atoms with Gasteiger partial charge in [-0.05, 0) is 6.26 Å². The number of ether oxygens (including phenoxy) is 4. The summed E-state index contributed by atoms with van der Waals surface area (Å²) in [5.74, 6) is 0. The fourth-order valence-electron chi connectivity index (χ4n) is 1.37. The molecule has 0 saturated heterocycles. The van der Waals surface area contributed by atoms with Crippen LogP contribution < -0.4 is 5.32 Å². The molecule has 3 N–H and O–H groups in total. The molecule has 0 aliphatic carbocycles. The van der Waals surface area contributed by atoms with Crippen LogP contribution in [0.25, 0.3) is 0 Å². The molecule has 0 bridgehead atoms. The Morgan fingerprint density at radius 1 is 1.00 bits per heavy atom. The number of thioether (sulfide) groups is 1. The van der Waals surface area contributed by atoms with Gasteiger partial charge in [-0.3, -0.25) is 0 Å². The number of hydrogen-bond donors (Lipinski definition) is 3. The predicted octanol–water partition coefficient (Wildman–Crippen LogP) is -0.356. The molecule has 0 heterocycles. The summed E-state index contributed by atoms with van der Waals surface area (Å²) in [5.41, 5.74) is 0. The zero-order valence-corrected chi connectivity index (χ0v) is 14.6. The van der Waals surface area contributed by atoms with Crippen LogP contribution in [0.15, 0.2) is 0 Å². The molecule has 0 radical (unpaired) electrons. The monoisotopic (exact) mass is 357 g/mol. The summed E-state index contributed by atoms with van der Waals surface area (Å²) in [7, 11) is 0. The summed E-state index contributed by atoms with van der Waals surface area (Å²) in [6.07, 6.45) is 1.75. The van der Waals surface area contributed by atoms with Crippen molar-refractivity contribution in [1.82, 2.24) is 5.32 Å². The molecule has 0 rings (SSSR count). The van der Waals surface area contributed by atoms with Crippen molar-refractivity contribution in [3.63, 3.8) is 0 Å². The summed E-state index contributed by atoms with van der Waals surface area (Å²) < 4.78 is 22.1. The molecule has 0 aromatic carbocycles. The lowest BCUT2D eigenvalue weighted by atomic mass is 10.4. The van der Waals surface area contributed by atoms with Crippen molar-refractivity contribution in [1.29, 1.82) is 0 Å². The van der Waals surface area contributed by atoms with Crippen molar-refractivity contribution < 1.29 is 29.2 Å². The first-order valence-electron chi connectivity index (χ1n) is 7.13. The molecule has 0 aliphatic heterocycles. The maximum Gasteiger partial charge on any atom is 0.133 e. The zero-order valence-electron chi connectivity index (χ0n) is 13.0. The summed E-state index contributed by atoms with van der Waals surface area (Å²) in [4.78, 5) is 0. The lowest BCUT2D eigenvalue weighted by Gasteiger charge is -2.19. The quantitative estimate of drug-likeness (QED) is 0.269. The SMILES string of the molecule is CSC(=S)NCC(COCCOCCO)OCCOCCO. The van der Waals surface area contributed by atoms with Gasteiger partial charge in [0.1, 0.15) is 4.32 Å². The number of nitrogens with one attached hydrogen (secondary N) is 1. The standard InChI is InChI=1S/C13H27NO6S2/c1-22-13(21)14-10-12(20-9-8-18-5-3-16)11-19-7-6-17-4-2-15/h12,15-16H,2-11H2,1H3,(H,14,21). The number of thiocarbonyl (C=S) groups is 1. The average Bonchev–Trinajstić information content (AvgIpc) is 2.54. The molecular weight excluding hydrogens is 330 g/mol. The van der Waals surface area contributed by atoms with Gasteiger partial charge in [-0.1, -0.05) is 12.2 Å². The molecule has 1 atom stereocenters. The van der Waals surface area contributed by atoms with Crippen LogP contribution in [0, 0.1) is 0 Å². The Morgan fingerprint density at radius 2 is 1.59 bits per heavy atom. The number of hydrogen-bond acceptors (Lipinski definition) is 8. The summed E-state index contributed by atoms with van der Waals surface area (Å²) >= 11 is 6.55. The Bertz CT molecular complexity index is 261. The zero-order chi connectivity index (χ0) is 16.5. The van der Waals surface area contributed by atoms with Crippen LogP contribution >= 0.6 is 24.0 Å². The first-order chi connectivity index (χ1) is 10.7.